The van der Waals surface area contributed by atoms with Gasteiger partial charge in [0.1, 0.15) is 11.2 Å². The van der Waals surface area contributed by atoms with Gasteiger partial charge >= 0.3 is 0 Å². The Morgan fingerprint density at radius 2 is 1.50 bits per heavy atom. The minimum Gasteiger partial charge on any atom is -0.497 e. The number of nitrogens with zero attached hydrogens (tertiary/aromatic N) is 1. The molecule has 2 aromatic carbocycles. The molecule has 0 aromatic heterocycles. The Hall–Kier alpha value is -2.27. The SMILES string of the molecule is COc1ccc([C@](C#N)(c2ccccc2)C(C)C)cc1. The average molecular weight is 265 g/mol. The van der Waals surface area contributed by atoms with Gasteiger partial charge in [0.2, 0.25) is 0 Å². The van der Waals surface area contributed by atoms with Gasteiger partial charge in [0.05, 0.1) is 13.2 Å². The third-order valence-electron chi connectivity index (χ3n) is 3.82. The van der Waals surface area contributed by atoms with Crippen LogP contribution in [0, 0.1) is 17.2 Å². The van der Waals surface area contributed by atoms with Gasteiger partial charge in [-0.15, -0.1) is 0 Å². The zero-order valence-corrected chi connectivity index (χ0v) is 12.1. The van der Waals surface area contributed by atoms with Gasteiger partial charge in [-0.25, -0.2) is 0 Å². The Morgan fingerprint density at radius 3 is 1.95 bits per heavy atom. The molecule has 20 heavy (non-hydrogen) atoms. The largest absolute Gasteiger partial charge is 0.497 e. The number of hydrogen-bond acceptors (Lipinski definition) is 2. The molecule has 0 heterocycles. The van der Waals surface area contributed by atoms with E-state index in [4.69, 9.17) is 4.74 Å². The molecule has 0 spiro atoms. The predicted octanol–water partition coefficient (Wildman–Crippen LogP) is 4.16. The van der Waals surface area contributed by atoms with Gasteiger partial charge in [-0.05, 0) is 29.2 Å². The molecule has 0 aliphatic heterocycles. The molecule has 0 bridgehead atoms. The lowest BCUT2D eigenvalue weighted by molar-refractivity contribution is 0.413. The molecule has 0 N–H and O–H groups in total. The van der Waals surface area contributed by atoms with Crippen molar-refractivity contribution in [2.24, 2.45) is 5.92 Å². The van der Waals surface area contributed by atoms with E-state index in [1.54, 1.807) is 7.11 Å². The lowest BCUT2D eigenvalue weighted by atomic mass is 9.68. The van der Waals surface area contributed by atoms with Crippen LogP contribution in [0.5, 0.6) is 5.75 Å². The average Bonchev–Trinajstić information content (AvgIpc) is 2.50. The van der Waals surface area contributed by atoms with Gasteiger partial charge < -0.3 is 4.74 Å². The molecule has 0 fully saturated rings. The minimum atomic E-state index is -0.631. The number of ether oxygens (including phenoxy) is 1. The van der Waals surface area contributed by atoms with Gasteiger partial charge in [0, 0.05) is 0 Å². The Kier molecular flexibility index (Phi) is 4.10. The molecule has 2 nitrogen and oxygen atoms in total. The quantitative estimate of drug-likeness (QED) is 0.831. The Labute approximate surface area is 120 Å². The van der Waals surface area contributed by atoms with E-state index in [9.17, 15) is 5.26 Å². The van der Waals surface area contributed by atoms with Gasteiger partial charge in [0.15, 0.2) is 0 Å². The highest BCUT2D eigenvalue weighted by Crippen LogP contribution is 2.39. The number of benzene rings is 2. The molecule has 0 radical (unpaired) electrons. The van der Waals surface area contributed by atoms with Crippen molar-refractivity contribution >= 4 is 0 Å². The maximum Gasteiger partial charge on any atom is 0.118 e. The zero-order valence-electron chi connectivity index (χ0n) is 12.1. The molecule has 0 saturated heterocycles. The normalized spacial score (nSPS) is 13.6. The molecule has 2 aromatic rings. The summed E-state index contributed by atoms with van der Waals surface area (Å²) in [5, 5.41) is 9.90. The first-order valence-electron chi connectivity index (χ1n) is 6.76. The molecule has 102 valence electrons. The maximum absolute atomic E-state index is 9.90. The van der Waals surface area contributed by atoms with E-state index in [-0.39, 0.29) is 5.92 Å². The van der Waals surface area contributed by atoms with Crippen LogP contribution in [0.4, 0.5) is 0 Å². The fourth-order valence-corrected chi connectivity index (χ4v) is 2.65. The number of nitriles is 1. The van der Waals surface area contributed by atoms with Gasteiger partial charge in [-0.2, -0.15) is 5.26 Å². The first kappa shape index (κ1) is 14.1. The lowest BCUT2D eigenvalue weighted by Gasteiger charge is -2.32. The van der Waals surface area contributed by atoms with Crippen molar-refractivity contribution in [1.82, 2.24) is 0 Å². The second-order valence-electron chi connectivity index (χ2n) is 5.17. The number of hydrogen-bond donors (Lipinski definition) is 0. The van der Waals surface area contributed by atoms with E-state index < -0.39 is 5.41 Å². The van der Waals surface area contributed by atoms with Gasteiger partial charge in [0.25, 0.3) is 0 Å². The first-order valence-corrected chi connectivity index (χ1v) is 6.76. The summed E-state index contributed by atoms with van der Waals surface area (Å²) in [6.07, 6.45) is 0. The molecular weight excluding hydrogens is 246 g/mol. The fraction of sp³-hybridized carbons (Fsp3) is 0.278. The molecule has 0 amide bonds. The van der Waals surface area contributed by atoms with Crippen molar-refractivity contribution in [3.63, 3.8) is 0 Å². The van der Waals surface area contributed by atoms with Crippen LogP contribution in [0.15, 0.2) is 54.6 Å². The zero-order chi connectivity index (χ0) is 14.6. The Bertz CT molecular complexity index is 596. The van der Waals surface area contributed by atoms with Crippen molar-refractivity contribution in [3.05, 3.63) is 65.7 Å². The third kappa shape index (κ3) is 2.28. The van der Waals surface area contributed by atoms with Crippen molar-refractivity contribution in [3.8, 4) is 11.8 Å². The summed E-state index contributed by atoms with van der Waals surface area (Å²) in [4.78, 5) is 0. The monoisotopic (exact) mass is 265 g/mol. The molecule has 0 aliphatic rings. The topological polar surface area (TPSA) is 33.0 Å². The van der Waals surface area contributed by atoms with Crippen molar-refractivity contribution in [2.45, 2.75) is 19.3 Å². The summed E-state index contributed by atoms with van der Waals surface area (Å²) >= 11 is 0. The number of methoxy groups -OCH3 is 1. The predicted molar refractivity (Wildman–Crippen MR) is 80.7 cm³/mol. The molecular formula is C18H19NO. The smallest absolute Gasteiger partial charge is 0.118 e. The van der Waals surface area contributed by atoms with E-state index in [1.165, 1.54) is 0 Å². The van der Waals surface area contributed by atoms with Crippen LogP contribution < -0.4 is 4.74 Å². The van der Waals surface area contributed by atoms with Crippen molar-refractivity contribution in [2.75, 3.05) is 7.11 Å². The summed E-state index contributed by atoms with van der Waals surface area (Å²) in [6, 6.07) is 20.3. The van der Waals surface area contributed by atoms with E-state index in [2.05, 4.69) is 19.9 Å². The third-order valence-corrected chi connectivity index (χ3v) is 3.82. The van der Waals surface area contributed by atoms with Crippen LogP contribution in [0.1, 0.15) is 25.0 Å². The highest BCUT2D eigenvalue weighted by Gasteiger charge is 2.37. The molecule has 0 aliphatic carbocycles. The minimum absolute atomic E-state index is 0.170. The second-order valence-corrected chi connectivity index (χ2v) is 5.17. The van der Waals surface area contributed by atoms with E-state index >= 15 is 0 Å². The fourth-order valence-electron chi connectivity index (χ4n) is 2.65. The van der Waals surface area contributed by atoms with E-state index in [0.717, 1.165) is 16.9 Å². The van der Waals surface area contributed by atoms with E-state index in [1.807, 2.05) is 54.6 Å². The summed E-state index contributed by atoms with van der Waals surface area (Å²) in [5.41, 5.74) is 1.40. The maximum atomic E-state index is 9.90. The lowest BCUT2D eigenvalue weighted by Crippen LogP contribution is -2.32. The summed E-state index contributed by atoms with van der Waals surface area (Å²) in [7, 11) is 1.65. The first-order chi connectivity index (χ1) is 9.65. The summed E-state index contributed by atoms with van der Waals surface area (Å²) < 4.78 is 5.20. The van der Waals surface area contributed by atoms with Crippen LogP contribution in [-0.4, -0.2) is 7.11 Å². The highest BCUT2D eigenvalue weighted by molar-refractivity contribution is 5.47. The van der Waals surface area contributed by atoms with Crippen LogP contribution >= 0.6 is 0 Å². The van der Waals surface area contributed by atoms with Crippen LogP contribution in [0.2, 0.25) is 0 Å². The molecule has 0 saturated carbocycles. The summed E-state index contributed by atoms with van der Waals surface area (Å²) in [6.45, 7) is 4.17. The molecule has 2 rings (SSSR count). The molecule has 0 unspecified atom stereocenters. The second kappa shape index (κ2) is 5.79. The van der Waals surface area contributed by atoms with Crippen LogP contribution in [0.25, 0.3) is 0 Å². The summed E-state index contributed by atoms with van der Waals surface area (Å²) in [5.74, 6) is 0.973. The standard InChI is InChI=1S/C18H19NO/c1-14(2)18(13-19,15-7-5-4-6-8-15)16-9-11-17(20-3)12-10-16/h4-12,14H,1-3H3/t18-/m0/s1. The van der Waals surface area contributed by atoms with Crippen LogP contribution in [0.3, 0.4) is 0 Å². The highest BCUT2D eigenvalue weighted by atomic mass is 16.5. The van der Waals surface area contributed by atoms with Crippen LogP contribution in [-0.2, 0) is 5.41 Å². The van der Waals surface area contributed by atoms with E-state index in [0.29, 0.717) is 0 Å². The van der Waals surface area contributed by atoms with Crippen molar-refractivity contribution < 1.29 is 4.74 Å². The Balaban J connectivity index is 2.61. The Morgan fingerprint density at radius 1 is 0.950 bits per heavy atom. The molecule has 2 heteroatoms. The van der Waals surface area contributed by atoms with Crippen molar-refractivity contribution in [1.29, 1.82) is 5.26 Å². The van der Waals surface area contributed by atoms with Gasteiger partial charge in [-0.3, -0.25) is 0 Å². The molecule has 1 atom stereocenters. The van der Waals surface area contributed by atoms with Gasteiger partial charge in [-0.1, -0.05) is 56.3 Å². The number of rotatable bonds is 4.